The van der Waals surface area contributed by atoms with Crippen molar-refractivity contribution in [2.75, 3.05) is 26.2 Å². The molecule has 96 valence electrons. The van der Waals surface area contributed by atoms with Gasteiger partial charge in [-0.25, -0.2) is 0 Å². The summed E-state index contributed by atoms with van der Waals surface area (Å²) in [5.41, 5.74) is 8.80. The number of hydrogen-bond donors (Lipinski definition) is 1. The smallest absolute Gasteiger partial charge is 0.0991 e. The minimum absolute atomic E-state index is 0.150. The Hall–Kier alpha value is -1.41. The van der Waals surface area contributed by atoms with Gasteiger partial charge in [0.2, 0.25) is 0 Å². The standard InChI is InChI=1S/C14H19N3O/c1-11-6-12(7-15)2-3-13(11)9-17-4-5-18-14(8-16)10-17/h2-3,6,14H,4-5,8-10,16H2,1H3. The normalized spacial score (nSPS) is 20.6. The number of nitrogens with zero attached hydrogens (tertiary/aromatic N) is 2. The molecular weight excluding hydrogens is 226 g/mol. The van der Waals surface area contributed by atoms with Gasteiger partial charge in [0, 0.05) is 26.2 Å². The van der Waals surface area contributed by atoms with Crippen LogP contribution in [0, 0.1) is 18.3 Å². The lowest BCUT2D eigenvalue weighted by molar-refractivity contribution is -0.0261. The van der Waals surface area contributed by atoms with E-state index >= 15 is 0 Å². The molecule has 1 fully saturated rings. The summed E-state index contributed by atoms with van der Waals surface area (Å²) >= 11 is 0. The van der Waals surface area contributed by atoms with Crippen molar-refractivity contribution >= 4 is 0 Å². The Balaban J connectivity index is 2.03. The number of nitrogens with two attached hydrogens (primary N) is 1. The van der Waals surface area contributed by atoms with E-state index in [9.17, 15) is 0 Å². The molecule has 1 saturated heterocycles. The van der Waals surface area contributed by atoms with Crippen molar-refractivity contribution in [2.45, 2.75) is 19.6 Å². The fourth-order valence-electron chi connectivity index (χ4n) is 2.25. The molecule has 1 heterocycles. The zero-order chi connectivity index (χ0) is 13.0. The highest BCUT2D eigenvalue weighted by molar-refractivity contribution is 5.37. The van der Waals surface area contributed by atoms with Gasteiger partial charge in [0.05, 0.1) is 24.3 Å². The molecule has 0 aromatic heterocycles. The Kier molecular flexibility index (Phi) is 4.32. The first-order valence-electron chi connectivity index (χ1n) is 6.26. The average molecular weight is 245 g/mol. The van der Waals surface area contributed by atoms with E-state index in [1.54, 1.807) is 0 Å². The zero-order valence-corrected chi connectivity index (χ0v) is 10.7. The van der Waals surface area contributed by atoms with E-state index in [1.165, 1.54) is 11.1 Å². The van der Waals surface area contributed by atoms with Gasteiger partial charge in [-0.05, 0) is 30.2 Å². The first-order chi connectivity index (χ1) is 8.72. The summed E-state index contributed by atoms with van der Waals surface area (Å²) in [6.45, 7) is 6.10. The van der Waals surface area contributed by atoms with E-state index in [0.29, 0.717) is 6.54 Å². The monoisotopic (exact) mass is 245 g/mol. The molecule has 1 aromatic carbocycles. The lowest BCUT2D eigenvalue weighted by atomic mass is 10.0. The molecule has 1 aromatic rings. The van der Waals surface area contributed by atoms with Crippen molar-refractivity contribution in [3.05, 3.63) is 34.9 Å². The maximum atomic E-state index is 8.85. The molecule has 1 aliphatic heterocycles. The third-order valence-corrected chi connectivity index (χ3v) is 3.35. The molecule has 2 rings (SSSR count). The van der Waals surface area contributed by atoms with Crippen molar-refractivity contribution in [1.82, 2.24) is 4.90 Å². The van der Waals surface area contributed by atoms with Crippen LogP contribution in [0.25, 0.3) is 0 Å². The van der Waals surface area contributed by atoms with Crippen LogP contribution in [0.1, 0.15) is 16.7 Å². The highest BCUT2D eigenvalue weighted by atomic mass is 16.5. The molecular formula is C14H19N3O. The summed E-state index contributed by atoms with van der Waals surface area (Å²) in [6, 6.07) is 8.03. The summed E-state index contributed by atoms with van der Waals surface area (Å²) in [6.07, 6.45) is 0.150. The van der Waals surface area contributed by atoms with Crippen LogP contribution in [0.4, 0.5) is 0 Å². The predicted octanol–water partition coefficient (Wildman–Crippen LogP) is 1.03. The SMILES string of the molecule is Cc1cc(C#N)ccc1CN1CCOC(CN)C1. The van der Waals surface area contributed by atoms with Crippen LogP contribution in [0.3, 0.4) is 0 Å². The van der Waals surface area contributed by atoms with Gasteiger partial charge in [0.15, 0.2) is 0 Å². The van der Waals surface area contributed by atoms with Crippen LogP contribution in [-0.4, -0.2) is 37.2 Å². The zero-order valence-electron chi connectivity index (χ0n) is 10.7. The lowest BCUT2D eigenvalue weighted by Crippen LogP contribution is -2.45. The highest BCUT2D eigenvalue weighted by Crippen LogP contribution is 2.15. The second-order valence-electron chi connectivity index (χ2n) is 4.72. The lowest BCUT2D eigenvalue weighted by Gasteiger charge is -2.32. The van der Waals surface area contributed by atoms with E-state index in [4.69, 9.17) is 15.7 Å². The molecule has 0 saturated carbocycles. The molecule has 0 amide bonds. The maximum absolute atomic E-state index is 8.85. The second kappa shape index (κ2) is 5.96. The number of rotatable bonds is 3. The fourth-order valence-corrected chi connectivity index (χ4v) is 2.25. The van der Waals surface area contributed by atoms with Crippen LogP contribution >= 0.6 is 0 Å². The number of morpholine rings is 1. The summed E-state index contributed by atoms with van der Waals surface area (Å²) in [5, 5.41) is 8.85. The molecule has 2 N–H and O–H groups in total. The predicted molar refractivity (Wildman–Crippen MR) is 70.0 cm³/mol. The number of ether oxygens (including phenoxy) is 1. The fraction of sp³-hybridized carbons (Fsp3) is 0.500. The molecule has 4 nitrogen and oxygen atoms in total. The molecule has 1 unspecified atom stereocenters. The Morgan fingerprint density at radius 2 is 2.39 bits per heavy atom. The molecule has 0 aliphatic carbocycles. The summed E-state index contributed by atoms with van der Waals surface area (Å²) in [7, 11) is 0. The number of nitriles is 1. The van der Waals surface area contributed by atoms with E-state index in [0.717, 1.165) is 31.8 Å². The van der Waals surface area contributed by atoms with Crippen LogP contribution in [-0.2, 0) is 11.3 Å². The van der Waals surface area contributed by atoms with Gasteiger partial charge in [0.25, 0.3) is 0 Å². The van der Waals surface area contributed by atoms with Crippen molar-refractivity contribution in [2.24, 2.45) is 5.73 Å². The van der Waals surface area contributed by atoms with Gasteiger partial charge in [0.1, 0.15) is 0 Å². The second-order valence-corrected chi connectivity index (χ2v) is 4.72. The van der Waals surface area contributed by atoms with Crippen LogP contribution in [0.15, 0.2) is 18.2 Å². The largest absolute Gasteiger partial charge is 0.374 e. The maximum Gasteiger partial charge on any atom is 0.0991 e. The Morgan fingerprint density at radius 1 is 1.56 bits per heavy atom. The van der Waals surface area contributed by atoms with Gasteiger partial charge in [-0.2, -0.15) is 5.26 Å². The molecule has 0 spiro atoms. The number of hydrogen-bond acceptors (Lipinski definition) is 4. The van der Waals surface area contributed by atoms with Crippen molar-refractivity contribution in [1.29, 1.82) is 5.26 Å². The molecule has 1 atom stereocenters. The van der Waals surface area contributed by atoms with Crippen LogP contribution in [0.5, 0.6) is 0 Å². The van der Waals surface area contributed by atoms with E-state index in [-0.39, 0.29) is 6.10 Å². The van der Waals surface area contributed by atoms with Crippen molar-refractivity contribution in [3.63, 3.8) is 0 Å². The molecule has 18 heavy (non-hydrogen) atoms. The molecule has 4 heteroatoms. The first kappa shape index (κ1) is 13.0. The van der Waals surface area contributed by atoms with Gasteiger partial charge in [-0.1, -0.05) is 6.07 Å². The van der Waals surface area contributed by atoms with E-state index in [2.05, 4.69) is 17.9 Å². The Labute approximate surface area is 108 Å². The van der Waals surface area contributed by atoms with Gasteiger partial charge in [-0.15, -0.1) is 0 Å². The van der Waals surface area contributed by atoms with E-state index in [1.807, 2.05) is 18.2 Å². The Morgan fingerprint density at radius 3 is 3.06 bits per heavy atom. The van der Waals surface area contributed by atoms with E-state index < -0.39 is 0 Å². The first-order valence-corrected chi connectivity index (χ1v) is 6.26. The van der Waals surface area contributed by atoms with Gasteiger partial charge < -0.3 is 10.5 Å². The number of aryl methyl sites for hydroxylation is 1. The third kappa shape index (κ3) is 3.08. The average Bonchev–Trinajstić information content (AvgIpc) is 2.41. The summed E-state index contributed by atoms with van der Waals surface area (Å²) < 4.78 is 5.55. The number of benzene rings is 1. The van der Waals surface area contributed by atoms with Crippen LogP contribution < -0.4 is 5.73 Å². The topological polar surface area (TPSA) is 62.3 Å². The molecule has 0 bridgehead atoms. The minimum atomic E-state index is 0.150. The van der Waals surface area contributed by atoms with Crippen molar-refractivity contribution in [3.8, 4) is 6.07 Å². The minimum Gasteiger partial charge on any atom is -0.374 e. The van der Waals surface area contributed by atoms with Crippen molar-refractivity contribution < 1.29 is 4.74 Å². The van der Waals surface area contributed by atoms with Crippen LogP contribution in [0.2, 0.25) is 0 Å². The third-order valence-electron chi connectivity index (χ3n) is 3.35. The Bertz CT molecular complexity index is 453. The summed E-state index contributed by atoms with van der Waals surface area (Å²) in [4.78, 5) is 2.36. The summed E-state index contributed by atoms with van der Waals surface area (Å²) in [5.74, 6) is 0. The quantitative estimate of drug-likeness (QED) is 0.864. The highest BCUT2D eigenvalue weighted by Gasteiger charge is 2.19. The molecule has 1 aliphatic rings. The molecule has 0 radical (unpaired) electrons. The van der Waals surface area contributed by atoms with Gasteiger partial charge in [-0.3, -0.25) is 4.90 Å². The van der Waals surface area contributed by atoms with Gasteiger partial charge >= 0.3 is 0 Å².